The van der Waals surface area contributed by atoms with Crippen LogP contribution in [0.25, 0.3) is 0 Å². The Labute approximate surface area is 194 Å². The quantitative estimate of drug-likeness (QED) is 0.448. The first-order chi connectivity index (χ1) is 14.8. The molecule has 1 aromatic carbocycles. The molecule has 0 spiro atoms. The summed E-state index contributed by atoms with van der Waals surface area (Å²) in [6.07, 6.45) is 4.34. The molecule has 2 saturated carbocycles. The molecule has 0 saturated heterocycles. The lowest BCUT2D eigenvalue weighted by Gasteiger charge is -2.40. The van der Waals surface area contributed by atoms with Crippen LogP contribution < -0.4 is 0 Å². The normalized spacial score (nSPS) is 33.1. The van der Waals surface area contributed by atoms with Gasteiger partial charge in [0, 0.05) is 10.8 Å². The maximum absolute atomic E-state index is 13.0. The molecule has 1 aromatic rings. The monoisotopic (exact) mass is 442 g/mol. The van der Waals surface area contributed by atoms with Crippen LogP contribution in [-0.4, -0.2) is 25.2 Å². The minimum absolute atomic E-state index is 0.0725. The molecule has 0 heterocycles. The van der Waals surface area contributed by atoms with Crippen LogP contribution in [0.2, 0.25) is 0 Å². The summed E-state index contributed by atoms with van der Waals surface area (Å²) in [7, 11) is 0. The molecule has 32 heavy (non-hydrogen) atoms. The highest BCUT2D eigenvalue weighted by Gasteiger charge is 2.51. The van der Waals surface area contributed by atoms with Gasteiger partial charge in [-0.2, -0.15) is 0 Å². The van der Waals surface area contributed by atoms with Crippen molar-refractivity contribution in [3.8, 4) is 0 Å². The molecule has 0 amide bonds. The molecule has 4 nitrogen and oxygen atoms in total. The van der Waals surface area contributed by atoms with Crippen LogP contribution in [0.1, 0.15) is 102 Å². The van der Waals surface area contributed by atoms with Crippen LogP contribution in [-0.2, 0) is 9.47 Å². The molecule has 2 aliphatic rings. The van der Waals surface area contributed by atoms with E-state index in [-0.39, 0.29) is 32.8 Å². The van der Waals surface area contributed by atoms with Crippen LogP contribution >= 0.6 is 0 Å². The molecule has 0 bridgehead atoms. The van der Waals surface area contributed by atoms with Crippen molar-refractivity contribution in [1.82, 2.24) is 0 Å². The van der Waals surface area contributed by atoms with Crippen LogP contribution in [0.3, 0.4) is 0 Å². The van der Waals surface area contributed by atoms with Gasteiger partial charge in [-0.25, -0.2) is 9.59 Å². The summed E-state index contributed by atoms with van der Waals surface area (Å²) >= 11 is 0. The predicted molar refractivity (Wildman–Crippen MR) is 128 cm³/mol. The summed E-state index contributed by atoms with van der Waals surface area (Å²) in [6, 6.07) is 6.85. The van der Waals surface area contributed by atoms with Crippen molar-refractivity contribution < 1.29 is 19.1 Å². The van der Waals surface area contributed by atoms with Crippen molar-refractivity contribution in [2.75, 3.05) is 13.2 Å². The summed E-state index contributed by atoms with van der Waals surface area (Å²) in [4.78, 5) is 26.0. The number of ether oxygens (including phenoxy) is 2. The number of hydrogen-bond acceptors (Lipinski definition) is 4. The van der Waals surface area contributed by atoms with Crippen LogP contribution in [0.4, 0.5) is 0 Å². The molecule has 0 aromatic heterocycles. The lowest BCUT2D eigenvalue weighted by Crippen LogP contribution is -2.38. The van der Waals surface area contributed by atoms with E-state index >= 15 is 0 Å². The maximum Gasteiger partial charge on any atom is 0.339 e. The Kier molecular flexibility index (Phi) is 6.59. The van der Waals surface area contributed by atoms with E-state index in [0.717, 1.165) is 25.7 Å². The van der Waals surface area contributed by atoms with Crippen LogP contribution in [0.15, 0.2) is 24.3 Å². The number of rotatable bonds is 6. The average Bonchev–Trinajstić information content (AvgIpc) is 3.09. The lowest BCUT2D eigenvalue weighted by atomic mass is 9.66. The van der Waals surface area contributed by atoms with Crippen molar-refractivity contribution in [2.45, 2.75) is 81.1 Å². The summed E-state index contributed by atoms with van der Waals surface area (Å²) in [6.45, 7) is 18.7. The van der Waals surface area contributed by atoms with E-state index in [1.54, 1.807) is 24.3 Å². The second kappa shape index (κ2) is 8.50. The third-order valence-corrected chi connectivity index (χ3v) is 10.2. The minimum atomic E-state index is -0.449. The van der Waals surface area contributed by atoms with Gasteiger partial charge in [-0.05, 0) is 60.5 Å². The number of benzene rings is 1. The van der Waals surface area contributed by atoms with E-state index in [1.807, 2.05) is 0 Å². The second-order valence-corrected chi connectivity index (χ2v) is 12.1. The van der Waals surface area contributed by atoms with Crippen molar-refractivity contribution in [3.63, 3.8) is 0 Å². The Morgan fingerprint density at radius 1 is 0.750 bits per heavy atom. The first-order valence-corrected chi connectivity index (χ1v) is 12.2. The number of hydrogen-bond donors (Lipinski definition) is 0. The highest BCUT2D eigenvalue weighted by molar-refractivity contribution is 6.03. The van der Waals surface area contributed by atoms with Crippen LogP contribution in [0, 0.1) is 33.5 Å². The number of esters is 2. The molecule has 3 rings (SSSR count). The van der Waals surface area contributed by atoms with Crippen molar-refractivity contribution in [1.29, 1.82) is 0 Å². The zero-order chi connectivity index (χ0) is 23.9. The lowest BCUT2D eigenvalue weighted by molar-refractivity contribution is -0.00643. The third kappa shape index (κ3) is 4.10. The van der Waals surface area contributed by atoms with E-state index in [9.17, 15) is 9.59 Å². The van der Waals surface area contributed by atoms with Gasteiger partial charge in [-0.1, -0.05) is 67.5 Å². The highest BCUT2D eigenvalue weighted by atomic mass is 16.5. The summed E-state index contributed by atoms with van der Waals surface area (Å²) in [5.74, 6) is 0.264. The Bertz CT molecular complexity index is 799. The molecule has 0 aliphatic heterocycles. The van der Waals surface area contributed by atoms with Gasteiger partial charge in [0.15, 0.2) is 0 Å². The SMILES string of the molecule is C[C@@H]1CC[C@](C)(COC(=O)c2ccccc2C(=O)OC[C@@]2(C)CC[C@H](C)C2(C)C)C1(C)C. The van der Waals surface area contributed by atoms with E-state index in [2.05, 4.69) is 55.4 Å². The topological polar surface area (TPSA) is 52.6 Å². The predicted octanol–water partition coefficient (Wildman–Crippen LogP) is 6.93. The van der Waals surface area contributed by atoms with E-state index in [0.29, 0.717) is 25.0 Å². The van der Waals surface area contributed by atoms with E-state index < -0.39 is 11.9 Å². The van der Waals surface area contributed by atoms with Gasteiger partial charge in [-0.15, -0.1) is 0 Å². The van der Waals surface area contributed by atoms with Gasteiger partial charge in [-0.3, -0.25) is 0 Å². The number of carbonyl (C=O) groups is 2. The molecule has 178 valence electrons. The fraction of sp³-hybridized carbons (Fsp3) is 0.714. The Morgan fingerprint density at radius 2 is 1.09 bits per heavy atom. The molecule has 0 N–H and O–H groups in total. The smallest absolute Gasteiger partial charge is 0.339 e. The molecule has 0 unspecified atom stereocenters. The largest absolute Gasteiger partial charge is 0.461 e. The molecular formula is C28H42O4. The van der Waals surface area contributed by atoms with Gasteiger partial charge in [0.25, 0.3) is 0 Å². The average molecular weight is 443 g/mol. The Morgan fingerprint density at radius 3 is 1.38 bits per heavy atom. The summed E-state index contributed by atoms with van der Waals surface area (Å²) in [5, 5.41) is 0. The fourth-order valence-electron chi connectivity index (χ4n) is 5.59. The van der Waals surface area contributed by atoms with E-state index in [4.69, 9.17) is 9.47 Å². The molecule has 0 radical (unpaired) electrons. The zero-order valence-corrected chi connectivity index (χ0v) is 21.3. The van der Waals surface area contributed by atoms with Crippen molar-refractivity contribution in [3.05, 3.63) is 35.4 Å². The summed E-state index contributed by atoms with van der Waals surface area (Å²) < 4.78 is 11.6. The molecule has 2 fully saturated rings. The van der Waals surface area contributed by atoms with Crippen LogP contribution in [0.5, 0.6) is 0 Å². The maximum atomic E-state index is 13.0. The number of carbonyl (C=O) groups excluding carboxylic acids is 2. The highest BCUT2D eigenvalue weighted by Crippen LogP contribution is 2.56. The first kappa shape index (κ1) is 24.8. The van der Waals surface area contributed by atoms with Gasteiger partial charge in [0.2, 0.25) is 0 Å². The van der Waals surface area contributed by atoms with Gasteiger partial charge in [0.05, 0.1) is 24.3 Å². The Hall–Kier alpha value is -1.84. The molecule has 2 aliphatic carbocycles. The summed E-state index contributed by atoms with van der Waals surface area (Å²) in [5.41, 5.74) is 0.607. The minimum Gasteiger partial charge on any atom is -0.461 e. The van der Waals surface area contributed by atoms with Gasteiger partial charge >= 0.3 is 11.9 Å². The molecule has 4 heteroatoms. The Balaban J connectivity index is 1.69. The van der Waals surface area contributed by atoms with E-state index in [1.165, 1.54) is 0 Å². The first-order valence-electron chi connectivity index (χ1n) is 12.2. The second-order valence-electron chi connectivity index (χ2n) is 12.1. The van der Waals surface area contributed by atoms with Gasteiger partial charge < -0.3 is 9.47 Å². The molecular weight excluding hydrogens is 400 g/mol. The van der Waals surface area contributed by atoms with Crippen molar-refractivity contribution in [2.24, 2.45) is 33.5 Å². The third-order valence-electron chi connectivity index (χ3n) is 10.2. The molecule has 4 atom stereocenters. The van der Waals surface area contributed by atoms with Gasteiger partial charge in [0.1, 0.15) is 0 Å². The zero-order valence-electron chi connectivity index (χ0n) is 21.3. The standard InChI is InChI=1S/C28H42O4/c1-19-13-15-27(7,25(19,3)4)17-31-23(29)21-11-9-10-12-22(21)24(30)32-18-28(8)16-14-20(2)26(28,5)6/h9-12,19-20H,13-18H2,1-8H3/t19-,20+,27-,28-/m1/s1. The fourth-order valence-corrected chi connectivity index (χ4v) is 5.59. The van der Waals surface area contributed by atoms with Crippen molar-refractivity contribution >= 4 is 11.9 Å².